The van der Waals surface area contributed by atoms with Gasteiger partial charge in [0.1, 0.15) is 0 Å². The van der Waals surface area contributed by atoms with E-state index in [0.29, 0.717) is 13.1 Å². The van der Waals surface area contributed by atoms with E-state index in [2.05, 4.69) is 33.0 Å². The number of amides is 1. The van der Waals surface area contributed by atoms with Crippen molar-refractivity contribution in [3.8, 4) is 11.3 Å². The Morgan fingerprint density at radius 1 is 1.06 bits per heavy atom. The van der Waals surface area contributed by atoms with Gasteiger partial charge in [-0.2, -0.15) is 0 Å². The van der Waals surface area contributed by atoms with Crippen molar-refractivity contribution in [3.05, 3.63) is 83.0 Å². The average molecular weight is 475 g/mol. The lowest BCUT2D eigenvalue weighted by molar-refractivity contribution is 0.0325. The first-order valence-electron chi connectivity index (χ1n) is 11.8. The molecule has 6 nitrogen and oxygen atoms in total. The minimum absolute atomic E-state index is 0.0929. The summed E-state index contributed by atoms with van der Waals surface area (Å²) in [6.45, 7) is 7.67. The Morgan fingerprint density at radius 3 is 2.59 bits per heavy atom. The second kappa shape index (κ2) is 10.5. The highest BCUT2D eigenvalue weighted by molar-refractivity contribution is 7.15. The van der Waals surface area contributed by atoms with Crippen LogP contribution >= 0.6 is 11.3 Å². The van der Waals surface area contributed by atoms with Crippen LogP contribution < -0.4 is 0 Å². The quantitative estimate of drug-likeness (QED) is 0.380. The number of hydrogen-bond acceptors (Lipinski definition) is 5. The molecule has 7 heteroatoms. The molecule has 1 aliphatic rings. The first-order chi connectivity index (χ1) is 16.7. The second-order valence-electron chi connectivity index (χ2n) is 8.73. The van der Waals surface area contributed by atoms with E-state index in [1.807, 2.05) is 54.3 Å². The molecule has 2 aromatic heterocycles. The molecule has 0 radical (unpaired) electrons. The Morgan fingerprint density at radius 2 is 1.82 bits per heavy atom. The number of thiazole rings is 1. The predicted octanol–water partition coefficient (Wildman–Crippen LogP) is 4.39. The highest BCUT2D eigenvalue weighted by atomic mass is 32.1. The van der Waals surface area contributed by atoms with Crippen LogP contribution in [0.25, 0.3) is 16.2 Å². The summed E-state index contributed by atoms with van der Waals surface area (Å²) in [5.74, 6) is 0.0929. The third-order valence-corrected chi connectivity index (χ3v) is 7.26. The van der Waals surface area contributed by atoms with Gasteiger partial charge in [-0.15, -0.1) is 11.3 Å². The predicted molar refractivity (Wildman–Crippen MR) is 137 cm³/mol. The van der Waals surface area contributed by atoms with Gasteiger partial charge in [0.2, 0.25) is 0 Å². The van der Waals surface area contributed by atoms with Gasteiger partial charge in [-0.3, -0.25) is 14.1 Å². The fraction of sp³-hybridized carbons (Fsp3) is 0.333. The maximum absolute atomic E-state index is 13.4. The Kier molecular flexibility index (Phi) is 7.04. The molecule has 0 atom stereocenters. The van der Waals surface area contributed by atoms with E-state index >= 15 is 0 Å². The van der Waals surface area contributed by atoms with Crippen molar-refractivity contribution in [1.82, 2.24) is 19.2 Å². The summed E-state index contributed by atoms with van der Waals surface area (Å²) >= 11 is 1.65. The Labute approximate surface area is 204 Å². The molecule has 0 bridgehead atoms. The number of ether oxygens (including phenoxy) is 1. The summed E-state index contributed by atoms with van der Waals surface area (Å²) in [4.78, 5) is 23.6. The molecule has 3 heterocycles. The van der Waals surface area contributed by atoms with Gasteiger partial charge >= 0.3 is 0 Å². The van der Waals surface area contributed by atoms with E-state index in [-0.39, 0.29) is 5.91 Å². The number of fused-ring (bicyclic) bond motifs is 1. The van der Waals surface area contributed by atoms with Crippen molar-refractivity contribution in [1.29, 1.82) is 0 Å². The van der Waals surface area contributed by atoms with Gasteiger partial charge in [0.05, 0.1) is 18.9 Å². The first-order valence-corrected chi connectivity index (χ1v) is 12.7. The molecule has 34 heavy (non-hydrogen) atoms. The highest BCUT2D eigenvalue weighted by Crippen LogP contribution is 2.24. The molecule has 0 spiro atoms. The average Bonchev–Trinajstić information content (AvgIpc) is 3.47. The molecule has 0 saturated carbocycles. The minimum atomic E-state index is 0.0929. The standard InChI is InChI=1S/C27H30N4O2S/c1-21-7-9-23(10-8-21)26(32)30(14-13-29-15-17-33-18-16-29)12-11-24-20-34-27-28-25(19-31(24)27)22-5-3-2-4-6-22/h2-10,19-20H,11-18H2,1H3. The van der Waals surface area contributed by atoms with Crippen LogP contribution in [0.5, 0.6) is 0 Å². The minimum Gasteiger partial charge on any atom is -0.379 e. The van der Waals surface area contributed by atoms with E-state index < -0.39 is 0 Å². The van der Waals surface area contributed by atoms with Crippen LogP contribution in [0.15, 0.2) is 66.2 Å². The van der Waals surface area contributed by atoms with Crippen LogP contribution in [-0.4, -0.2) is 71.0 Å². The summed E-state index contributed by atoms with van der Waals surface area (Å²) in [7, 11) is 0. The number of benzene rings is 2. The number of hydrogen-bond donors (Lipinski definition) is 0. The number of imidazole rings is 1. The molecular formula is C27H30N4O2S. The molecule has 4 aromatic rings. The molecule has 0 unspecified atom stereocenters. The third kappa shape index (κ3) is 5.22. The van der Waals surface area contributed by atoms with Crippen molar-refractivity contribution in [2.24, 2.45) is 0 Å². The summed E-state index contributed by atoms with van der Waals surface area (Å²) in [5.41, 5.74) is 5.19. The van der Waals surface area contributed by atoms with Crippen LogP contribution in [0.1, 0.15) is 21.6 Å². The van der Waals surface area contributed by atoms with Crippen LogP contribution in [0, 0.1) is 6.92 Å². The van der Waals surface area contributed by atoms with Crippen LogP contribution in [0.2, 0.25) is 0 Å². The van der Waals surface area contributed by atoms with Gasteiger partial charge in [-0.05, 0) is 19.1 Å². The van der Waals surface area contributed by atoms with Gasteiger partial charge in [0.25, 0.3) is 5.91 Å². The van der Waals surface area contributed by atoms with Gasteiger partial charge in [-0.25, -0.2) is 4.98 Å². The van der Waals surface area contributed by atoms with Gasteiger partial charge in [0, 0.05) is 67.5 Å². The summed E-state index contributed by atoms with van der Waals surface area (Å²) in [5, 5.41) is 2.16. The normalized spacial score (nSPS) is 14.5. The fourth-order valence-electron chi connectivity index (χ4n) is 4.29. The Hall–Kier alpha value is -3.00. The molecule has 5 rings (SSSR count). The maximum atomic E-state index is 13.4. The molecule has 1 aliphatic heterocycles. The lowest BCUT2D eigenvalue weighted by Crippen LogP contribution is -2.43. The number of aromatic nitrogens is 2. The van der Waals surface area contributed by atoms with E-state index in [4.69, 9.17) is 9.72 Å². The Balaban J connectivity index is 1.32. The zero-order valence-electron chi connectivity index (χ0n) is 19.5. The van der Waals surface area contributed by atoms with Crippen molar-refractivity contribution < 1.29 is 9.53 Å². The number of carbonyl (C=O) groups excluding carboxylic acids is 1. The number of aryl methyl sites for hydroxylation is 1. The molecule has 1 amide bonds. The zero-order chi connectivity index (χ0) is 23.3. The number of morpholine rings is 1. The van der Waals surface area contributed by atoms with Crippen LogP contribution in [-0.2, 0) is 11.2 Å². The monoisotopic (exact) mass is 474 g/mol. The van der Waals surface area contributed by atoms with Crippen molar-refractivity contribution >= 4 is 22.2 Å². The highest BCUT2D eigenvalue weighted by Gasteiger charge is 2.19. The fourth-order valence-corrected chi connectivity index (χ4v) is 5.19. The lowest BCUT2D eigenvalue weighted by Gasteiger charge is -2.30. The van der Waals surface area contributed by atoms with Gasteiger partial charge in [-0.1, -0.05) is 48.0 Å². The molecule has 1 saturated heterocycles. The van der Waals surface area contributed by atoms with E-state index in [1.165, 1.54) is 5.69 Å². The van der Waals surface area contributed by atoms with Crippen LogP contribution in [0.4, 0.5) is 0 Å². The Bertz CT molecular complexity index is 1230. The molecule has 176 valence electrons. The van der Waals surface area contributed by atoms with Crippen LogP contribution in [0.3, 0.4) is 0 Å². The summed E-state index contributed by atoms with van der Waals surface area (Å²) in [6, 6.07) is 18.1. The molecular weight excluding hydrogens is 444 g/mol. The largest absolute Gasteiger partial charge is 0.379 e. The van der Waals surface area contributed by atoms with Crippen molar-refractivity contribution in [3.63, 3.8) is 0 Å². The summed E-state index contributed by atoms with van der Waals surface area (Å²) in [6.07, 6.45) is 2.89. The number of rotatable bonds is 8. The third-order valence-electron chi connectivity index (χ3n) is 6.37. The maximum Gasteiger partial charge on any atom is 0.253 e. The van der Waals surface area contributed by atoms with Crippen molar-refractivity contribution in [2.75, 3.05) is 45.9 Å². The topological polar surface area (TPSA) is 50.1 Å². The number of nitrogens with zero attached hydrogens (tertiary/aromatic N) is 4. The number of carbonyl (C=O) groups is 1. The van der Waals surface area contributed by atoms with Gasteiger partial charge < -0.3 is 9.64 Å². The molecule has 1 fully saturated rings. The molecule has 0 aliphatic carbocycles. The molecule has 2 aromatic carbocycles. The van der Waals surface area contributed by atoms with E-state index in [1.54, 1.807) is 11.3 Å². The first kappa shape index (κ1) is 22.8. The van der Waals surface area contributed by atoms with E-state index in [9.17, 15) is 4.79 Å². The molecule has 0 N–H and O–H groups in total. The second-order valence-corrected chi connectivity index (χ2v) is 9.57. The van der Waals surface area contributed by atoms with Crippen molar-refractivity contribution in [2.45, 2.75) is 13.3 Å². The SMILES string of the molecule is Cc1ccc(C(=O)N(CCc2csc3nc(-c4ccccc4)cn23)CCN2CCOCC2)cc1. The smallest absolute Gasteiger partial charge is 0.253 e. The van der Waals surface area contributed by atoms with E-state index in [0.717, 1.165) is 66.6 Å². The van der Waals surface area contributed by atoms with Gasteiger partial charge in [0.15, 0.2) is 4.96 Å². The zero-order valence-corrected chi connectivity index (χ0v) is 20.3. The lowest BCUT2D eigenvalue weighted by atomic mass is 10.1. The summed E-state index contributed by atoms with van der Waals surface area (Å²) < 4.78 is 7.65.